The molecule has 0 radical (unpaired) electrons. The molecule has 0 amide bonds. The fraction of sp³-hybridized carbons (Fsp3) is 0.167. The van der Waals surface area contributed by atoms with E-state index < -0.39 is 11.2 Å². The van der Waals surface area contributed by atoms with E-state index in [1.807, 2.05) is 0 Å². The molecular formula is C12H14ClN3O3. The quantitative estimate of drug-likeness (QED) is 0.281. The Morgan fingerprint density at radius 3 is 2.58 bits per heavy atom. The number of halogens is 1. The van der Waals surface area contributed by atoms with E-state index in [1.54, 1.807) is 19.1 Å². The van der Waals surface area contributed by atoms with Gasteiger partial charge in [0.25, 0.3) is 5.24 Å². The van der Waals surface area contributed by atoms with E-state index in [1.165, 1.54) is 19.4 Å². The van der Waals surface area contributed by atoms with Crippen molar-refractivity contribution >= 4 is 28.5 Å². The summed E-state index contributed by atoms with van der Waals surface area (Å²) in [5, 5.41) is 0.532. The van der Waals surface area contributed by atoms with E-state index in [0.29, 0.717) is 11.3 Å². The molecule has 0 bridgehead atoms. The Morgan fingerprint density at radius 1 is 1.42 bits per heavy atom. The molecule has 0 aromatic heterocycles. The summed E-state index contributed by atoms with van der Waals surface area (Å²) in [5.41, 5.74) is 6.91. The fourth-order valence-corrected chi connectivity index (χ4v) is 1.52. The number of hydrogen-bond donors (Lipinski definition) is 2. The van der Waals surface area contributed by atoms with Gasteiger partial charge in [0.05, 0.1) is 19.0 Å². The molecule has 0 saturated heterocycles. The van der Waals surface area contributed by atoms with Crippen LogP contribution in [0.3, 0.4) is 0 Å². The SMILES string of the molecule is COC(=O)/C(N)=C/N(N)c1cc(C(=O)Cl)ccc1C. The van der Waals surface area contributed by atoms with Gasteiger partial charge in [-0.3, -0.25) is 9.80 Å². The average Bonchev–Trinajstić information content (AvgIpc) is 2.37. The zero-order valence-electron chi connectivity index (χ0n) is 10.5. The van der Waals surface area contributed by atoms with Gasteiger partial charge in [0.1, 0.15) is 5.70 Å². The van der Waals surface area contributed by atoms with Crippen LogP contribution in [-0.2, 0) is 9.53 Å². The molecule has 0 atom stereocenters. The minimum Gasteiger partial charge on any atom is -0.464 e. The Bertz CT molecular complexity index is 543. The first kappa shape index (κ1) is 15.0. The summed E-state index contributed by atoms with van der Waals surface area (Å²) in [7, 11) is 1.21. The number of aryl methyl sites for hydroxylation is 1. The number of hydrogen-bond acceptors (Lipinski definition) is 6. The van der Waals surface area contributed by atoms with Gasteiger partial charge in [-0.1, -0.05) is 6.07 Å². The van der Waals surface area contributed by atoms with Gasteiger partial charge in [-0.05, 0) is 36.2 Å². The number of carbonyl (C=O) groups excluding carboxylic acids is 2. The van der Waals surface area contributed by atoms with Gasteiger partial charge < -0.3 is 10.5 Å². The molecule has 0 fully saturated rings. The van der Waals surface area contributed by atoms with Crippen molar-refractivity contribution in [1.82, 2.24) is 0 Å². The zero-order valence-corrected chi connectivity index (χ0v) is 11.3. The van der Waals surface area contributed by atoms with Crippen molar-refractivity contribution in [2.45, 2.75) is 6.92 Å². The lowest BCUT2D eigenvalue weighted by molar-refractivity contribution is -0.136. The molecule has 0 aliphatic carbocycles. The lowest BCUT2D eigenvalue weighted by atomic mass is 10.1. The van der Waals surface area contributed by atoms with Crippen molar-refractivity contribution in [1.29, 1.82) is 0 Å². The van der Waals surface area contributed by atoms with E-state index in [4.69, 9.17) is 23.2 Å². The van der Waals surface area contributed by atoms with Crippen LogP contribution in [0.2, 0.25) is 0 Å². The van der Waals surface area contributed by atoms with Gasteiger partial charge >= 0.3 is 5.97 Å². The van der Waals surface area contributed by atoms with Gasteiger partial charge in [0, 0.05) is 5.56 Å². The number of nitrogens with two attached hydrogens (primary N) is 2. The van der Waals surface area contributed by atoms with Crippen LogP contribution in [0.1, 0.15) is 15.9 Å². The number of anilines is 1. The highest BCUT2D eigenvalue weighted by Gasteiger charge is 2.11. The highest BCUT2D eigenvalue weighted by Crippen LogP contribution is 2.21. The number of rotatable bonds is 4. The second-order valence-corrected chi connectivity index (χ2v) is 4.10. The first-order valence-electron chi connectivity index (χ1n) is 5.26. The number of methoxy groups -OCH3 is 1. The Hall–Kier alpha value is -2.05. The van der Waals surface area contributed by atoms with Gasteiger partial charge in [-0.2, -0.15) is 0 Å². The molecule has 0 aliphatic heterocycles. The summed E-state index contributed by atoms with van der Waals surface area (Å²) in [4.78, 5) is 22.3. The standard InChI is InChI=1S/C12H14ClN3O3/c1-7-3-4-8(11(13)17)5-10(7)16(15)6-9(14)12(18)19-2/h3-6H,14-15H2,1-2H3/b9-6-. The van der Waals surface area contributed by atoms with Crippen LogP contribution in [0.25, 0.3) is 0 Å². The maximum atomic E-state index is 11.2. The lowest BCUT2D eigenvalue weighted by Gasteiger charge is -2.17. The topological polar surface area (TPSA) is 98.7 Å². The van der Waals surface area contributed by atoms with Crippen LogP contribution in [-0.4, -0.2) is 18.3 Å². The van der Waals surface area contributed by atoms with Crippen LogP contribution in [0.4, 0.5) is 5.69 Å². The third-order valence-corrected chi connectivity index (χ3v) is 2.63. The first-order chi connectivity index (χ1) is 8.86. The normalized spacial score (nSPS) is 11.1. The molecule has 1 rings (SSSR count). The number of esters is 1. The highest BCUT2D eigenvalue weighted by atomic mass is 35.5. The molecule has 7 heteroatoms. The molecule has 0 saturated carbocycles. The average molecular weight is 284 g/mol. The molecule has 1 aromatic carbocycles. The third kappa shape index (κ3) is 3.70. The molecule has 4 N–H and O–H groups in total. The Labute approximate surface area is 115 Å². The monoisotopic (exact) mass is 283 g/mol. The highest BCUT2D eigenvalue weighted by molar-refractivity contribution is 6.67. The van der Waals surface area contributed by atoms with Gasteiger partial charge in [-0.15, -0.1) is 0 Å². The summed E-state index contributed by atoms with van der Waals surface area (Å²) in [6.45, 7) is 1.79. The summed E-state index contributed by atoms with van der Waals surface area (Å²) in [6, 6.07) is 4.77. The maximum Gasteiger partial charge on any atom is 0.355 e. The van der Waals surface area contributed by atoms with Crippen LogP contribution >= 0.6 is 11.6 Å². The Kier molecular flexibility index (Phi) is 4.91. The molecule has 1 aromatic rings. The second-order valence-electron chi connectivity index (χ2n) is 3.76. The molecule has 0 aliphatic rings. The summed E-state index contributed by atoms with van der Waals surface area (Å²) >= 11 is 5.40. The molecular weight excluding hydrogens is 270 g/mol. The van der Waals surface area contributed by atoms with Gasteiger partial charge in [0.15, 0.2) is 0 Å². The molecule has 0 heterocycles. The van der Waals surface area contributed by atoms with Crippen molar-refractivity contribution in [3.8, 4) is 0 Å². The molecule has 19 heavy (non-hydrogen) atoms. The number of benzene rings is 1. The molecule has 0 unspecified atom stereocenters. The van der Waals surface area contributed by atoms with Crippen molar-refractivity contribution in [3.05, 3.63) is 41.2 Å². The predicted molar refractivity (Wildman–Crippen MR) is 72.3 cm³/mol. The van der Waals surface area contributed by atoms with E-state index in [9.17, 15) is 9.59 Å². The van der Waals surface area contributed by atoms with Crippen molar-refractivity contribution in [2.24, 2.45) is 11.6 Å². The van der Waals surface area contributed by atoms with Crippen LogP contribution in [0.5, 0.6) is 0 Å². The summed E-state index contributed by atoms with van der Waals surface area (Å²) < 4.78 is 4.45. The van der Waals surface area contributed by atoms with Crippen LogP contribution in [0.15, 0.2) is 30.1 Å². The minimum absolute atomic E-state index is 0.160. The lowest BCUT2D eigenvalue weighted by Crippen LogP contribution is -2.28. The predicted octanol–water partition coefficient (Wildman–Crippen LogP) is 1.03. The van der Waals surface area contributed by atoms with E-state index in [0.717, 1.165) is 10.6 Å². The smallest absolute Gasteiger partial charge is 0.355 e. The molecule has 102 valence electrons. The van der Waals surface area contributed by atoms with Crippen molar-refractivity contribution in [3.63, 3.8) is 0 Å². The fourth-order valence-electron chi connectivity index (χ4n) is 1.40. The number of nitrogens with zero attached hydrogens (tertiary/aromatic N) is 1. The van der Waals surface area contributed by atoms with Crippen LogP contribution < -0.4 is 16.6 Å². The Balaban J connectivity index is 3.12. The largest absolute Gasteiger partial charge is 0.464 e. The second kappa shape index (κ2) is 6.21. The summed E-state index contributed by atoms with van der Waals surface area (Å²) in [6.07, 6.45) is 1.21. The van der Waals surface area contributed by atoms with Crippen LogP contribution in [0, 0.1) is 6.92 Å². The molecule has 6 nitrogen and oxygen atoms in total. The van der Waals surface area contributed by atoms with E-state index in [-0.39, 0.29) is 5.70 Å². The van der Waals surface area contributed by atoms with Crippen molar-refractivity contribution in [2.75, 3.05) is 12.1 Å². The van der Waals surface area contributed by atoms with E-state index in [2.05, 4.69) is 4.74 Å². The number of hydrazine groups is 1. The van der Waals surface area contributed by atoms with E-state index >= 15 is 0 Å². The minimum atomic E-state index is -0.697. The first-order valence-corrected chi connectivity index (χ1v) is 5.64. The molecule has 0 spiro atoms. The number of carbonyl (C=O) groups is 2. The van der Waals surface area contributed by atoms with Crippen molar-refractivity contribution < 1.29 is 14.3 Å². The van der Waals surface area contributed by atoms with Gasteiger partial charge in [-0.25, -0.2) is 10.6 Å². The maximum absolute atomic E-state index is 11.2. The van der Waals surface area contributed by atoms with Gasteiger partial charge in [0.2, 0.25) is 0 Å². The number of ether oxygens (including phenoxy) is 1. The third-order valence-electron chi connectivity index (χ3n) is 2.41. The summed E-state index contributed by atoms with van der Waals surface area (Å²) in [5.74, 6) is 5.08. The Morgan fingerprint density at radius 2 is 2.05 bits per heavy atom. The zero-order chi connectivity index (χ0) is 14.6.